The fourth-order valence-electron chi connectivity index (χ4n) is 1.40. The summed E-state index contributed by atoms with van der Waals surface area (Å²) >= 11 is 0. The Kier molecular flexibility index (Phi) is 3.03. The van der Waals surface area contributed by atoms with Crippen LogP contribution in [0.25, 0.3) is 11.5 Å². The van der Waals surface area contributed by atoms with Crippen molar-refractivity contribution in [3.8, 4) is 11.5 Å². The molecule has 0 atom stereocenters. The number of rotatable bonds is 4. The lowest BCUT2D eigenvalue weighted by molar-refractivity contribution is 0.445. The predicted octanol–water partition coefficient (Wildman–Crippen LogP) is 1.54. The number of nitrogens with zero attached hydrogens (tertiary/aromatic N) is 1. The Balaban J connectivity index is 2.49. The van der Waals surface area contributed by atoms with Gasteiger partial charge in [-0.1, -0.05) is 6.92 Å². The first-order valence-corrected chi connectivity index (χ1v) is 6.52. The number of nitrogens with one attached hydrogen (secondary N) is 1. The zero-order valence-corrected chi connectivity index (χ0v) is 10.2. The number of aryl methyl sites for hydroxylation is 1. The molecule has 0 spiro atoms. The second-order valence-electron chi connectivity index (χ2n) is 3.42. The molecule has 2 heterocycles. The Hall–Kier alpha value is -1.60. The molecule has 7 heteroatoms. The number of aromatic nitrogens is 1. The predicted molar refractivity (Wildman–Crippen MR) is 59.8 cm³/mol. The molecule has 0 bridgehead atoms. The van der Waals surface area contributed by atoms with Gasteiger partial charge in [-0.3, -0.25) is 0 Å². The Morgan fingerprint density at radius 2 is 2.18 bits per heavy atom. The summed E-state index contributed by atoms with van der Waals surface area (Å²) in [5.74, 6) is 0.229. The first-order chi connectivity index (χ1) is 8.04. The third-order valence-corrected chi connectivity index (χ3v) is 3.53. The van der Waals surface area contributed by atoms with E-state index in [1.54, 1.807) is 13.8 Å². The molecule has 6 nitrogen and oxygen atoms in total. The van der Waals surface area contributed by atoms with Crippen molar-refractivity contribution in [2.24, 2.45) is 0 Å². The molecular formula is C10H12N2O4S. The normalized spacial score (nSPS) is 11.9. The topological polar surface area (TPSA) is 85.3 Å². The van der Waals surface area contributed by atoms with E-state index in [2.05, 4.69) is 9.71 Å². The maximum atomic E-state index is 11.8. The van der Waals surface area contributed by atoms with Crippen molar-refractivity contribution >= 4 is 10.0 Å². The van der Waals surface area contributed by atoms with Crippen LogP contribution in [0.1, 0.15) is 12.6 Å². The maximum Gasteiger partial charge on any atom is 0.274 e. The third kappa shape index (κ3) is 2.25. The van der Waals surface area contributed by atoms with E-state index in [1.165, 1.54) is 18.6 Å². The van der Waals surface area contributed by atoms with Crippen molar-refractivity contribution in [3.05, 3.63) is 24.3 Å². The summed E-state index contributed by atoms with van der Waals surface area (Å²) < 4.78 is 36.1. The summed E-state index contributed by atoms with van der Waals surface area (Å²) in [4.78, 5) is 4.07. The van der Waals surface area contributed by atoms with Crippen molar-refractivity contribution in [1.82, 2.24) is 9.71 Å². The lowest BCUT2D eigenvalue weighted by Crippen LogP contribution is -2.23. The molecule has 92 valence electrons. The monoisotopic (exact) mass is 256 g/mol. The van der Waals surface area contributed by atoms with Crippen LogP contribution < -0.4 is 4.72 Å². The fourth-order valence-corrected chi connectivity index (χ4v) is 2.53. The van der Waals surface area contributed by atoms with Crippen LogP contribution in [0, 0.1) is 6.92 Å². The van der Waals surface area contributed by atoms with E-state index in [9.17, 15) is 8.42 Å². The molecule has 0 fully saturated rings. The number of oxazole rings is 1. The van der Waals surface area contributed by atoms with Gasteiger partial charge in [-0.2, -0.15) is 0 Å². The minimum atomic E-state index is -3.65. The van der Waals surface area contributed by atoms with E-state index in [1.807, 2.05) is 0 Å². The number of hydrogen-bond donors (Lipinski definition) is 1. The Morgan fingerprint density at radius 1 is 1.41 bits per heavy atom. The molecule has 0 aliphatic heterocycles. The minimum absolute atomic E-state index is 0.179. The smallest absolute Gasteiger partial charge is 0.274 e. The molecule has 0 radical (unpaired) electrons. The minimum Gasteiger partial charge on any atom is -0.451 e. The molecule has 1 N–H and O–H groups in total. The molecule has 0 aliphatic carbocycles. The van der Waals surface area contributed by atoms with Crippen LogP contribution in [-0.2, 0) is 10.0 Å². The number of hydrogen-bond acceptors (Lipinski definition) is 5. The van der Waals surface area contributed by atoms with Gasteiger partial charge in [0.05, 0.1) is 17.5 Å². The molecule has 2 aromatic heterocycles. The summed E-state index contributed by atoms with van der Waals surface area (Å²) in [6.45, 7) is 3.73. The average Bonchev–Trinajstić information content (AvgIpc) is 2.84. The number of sulfonamides is 1. The zero-order valence-electron chi connectivity index (χ0n) is 9.43. The van der Waals surface area contributed by atoms with E-state index in [-0.39, 0.29) is 17.5 Å². The molecule has 0 aliphatic rings. The van der Waals surface area contributed by atoms with Crippen molar-refractivity contribution in [2.45, 2.75) is 18.9 Å². The first kappa shape index (κ1) is 11.9. The second kappa shape index (κ2) is 4.34. The summed E-state index contributed by atoms with van der Waals surface area (Å²) in [5, 5.41) is -0.179. The van der Waals surface area contributed by atoms with Gasteiger partial charge in [-0.25, -0.2) is 18.1 Å². The van der Waals surface area contributed by atoms with Crippen molar-refractivity contribution < 1.29 is 17.3 Å². The average molecular weight is 256 g/mol. The summed E-state index contributed by atoms with van der Waals surface area (Å²) in [5.41, 5.74) is 0.993. The lowest BCUT2D eigenvalue weighted by Gasteiger charge is -2.01. The first-order valence-electron chi connectivity index (χ1n) is 5.04. The van der Waals surface area contributed by atoms with Gasteiger partial charge >= 0.3 is 0 Å². The molecule has 0 amide bonds. The summed E-state index contributed by atoms with van der Waals surface area (Å²) in [6, 6.07) is 1.51. The highest BCUT2D eigenvalue weighted by Crippen LogP contribution is 2.27. The Bertz CT molecular complexity index is 612. The standard InChI is InChI=1S/C10H12N2O4S/c1-3-11-17(13,14)10-8(4-5-15-10)9-12-7(2)6-16-9/h4-6,11H,3H2,1-2H3. The Labute approximate surface area is 98.7 Å². The van der Waals surface area contributed by atoms with Crippen molar-refractivity contribution in [2.75, 3.05) is 6.54 Å². The molecule has 2 aromatic rings. The molecule has 0 saturated carbocycles. The van der Waals surface area contributed by atoms with Crippen LogP contribution in [0.4, 0.5) is 0 Å². The molecule has 0 unspecified atom stereocenters. The van der Waals surface area contributed by atoms with Crippen LogP contribution in [0.5, 0.6) is 0 Å². The van der Waals surface area contributed by atoms with Gasteiger partial charge in [0.1, 0.15) is 6.26 Å². The van der Waals surface area contributed by atoms with Crippen LogP contribution in [-0.4, -0.2) is 19.9 Å². The second-order valence-corrected chi connectivity index (χ2v) is 5.08. The van der Waals surface area contributed by atoms with Crippen LogP contribution >= 0.6 is 0 Å². The summed E-state index contributed by atoms with van der Waals surface area (Å²) in [7, 11) is -3.65. The van der Waals surface area contributed by atoms with Gasteiger partial charge in [-0.05, 0) is 13.0 Å². The van der Waals surface area contributed by atoms with E-state index in [4.69, 9.17) is 8.83 Å². The molecule has 2 rings (SSSR count). The number of furan rings is 1. The van der Waals surface area contributed by atoms with E-state index >= 15 is 0 Å². The van der Waals surface area contributed by atoms with Crippen LogP contribution in [0.15, 0.2) is 32.5 Å². The van der Waals surface area contributed by atoms with E-state index in [0.717, 1.165) is 0 Å². The highest BCUT2D eigenvalue weighted by Gasteiger charge is 2.24. The molecule has 0 saturated heterocycles. The molecular weight excluding hydrogens is 244 g/mol. The van der Waals surface area contributed by atoms with Gasteiger partial charge in [0.25, 0.3) is 10.0 Å². The Morgan fingerprint density at radius 3 is 2.76 bits per heavy atom. The highest BCUT2D eigenvalue weighted by molar-refractivity contribution is 7.89. The van der Waals surface area contributed by atoms with Gasteiger partial charge in [-0.15, -0.1) is 0 Å². The van der Waals surface area contributed by atoms with Gasteiger partial charge < -0.3 is 8.83 Å². The zero-order chi connectivity index (χ0) is 12.5. The van der Waals surface area contributed by atoms with Gasteiger partial charge in [0.15, 0.2) is 0 Å². The van der Waals surface area contributed by atoms with Crippen LogP contribution in [0.3, 0.4) is 0 Å². The SMILES string of the molecule is CCNS(=O)(=O)c1occc1-c1nc(C)co1. The quantitative estimate of drug-likeness (QED) is 0.896. The van der Waals surface area contributed by atoms with E-state index in [0.29, 0.717) is 11.3 Å². The lowest BCUT2D eigenvalue weighted by atomic mass is 10.3. The summed E-state index contributed by atoms with van der Waals surface area (Å²) in [6.07, 6.45) is 2.74. The van der Waals surface area contributed by atoms with Crippen LogP contribution in [0.2, 0.25) is 0 Å². The maximum absolute atomic E-state index is 11.8. The highest BCUT2D eigenvalue weighted by atomic mass is 32.2. The largest absolute Gasteiger partial charge is 0.451 e. The molecule has 0 aromatic carbocycles. The third-order valence-electron chi connectivity index (χ3n) is 2.06. The molecule has 17 heavy (non-hydrogen) atoms. The van der Waals surface area contributed by atoms with Crippen molar-refractivity contribution in [1.29, 1.82) is 0 Å². The van der Waals surface area contributed by atoms with Gasteiger partial charge in [0, 0.05) is 6.54 Å². The van der Waals surface area contributed by atoms with Gasteiger partial charge in [0.2, 0.25) is 11.0 Å². The van der Waals surface area contributed by atoms with Crippen molar-refractivity contribution in [3.63, 3.8) is 0 Å². The van der Waals surface area contributed by atoms with E-state index < -0.39 is 10.0 Å². The fraction of sp³-hybridized carbons (Fsp3) is 0.300.